The van der Waals surface area contributed by atoms with Crippen molar-refractivity contribution in [1.29, 1.82) is 0 Å². The van der Waals surface area contributed by atoms with E-state index < -0.39 is 0 Å². The van der Waals surface area contributed by atoms with Crippen molar-refractivity contribution in [1.82, 2.24) is 0 Å². The number of hydrogen-bond donors (Lipinski definition) is 1. The fourth-order valence-electron chi connectivity index (χ4n) is 2.39. The van der Waals surface area contributed by atoms with Crippen molar-refractivity contribution in [3.8, 4) is 0 Å². The number of para-hydroxylation sites is 2. The molecule has 0 spiro atoms. The molecule has 0 atom stereocenters. The predicted molar refractivity (Wildman–Crippen MR) is 71.3 cm³/mol. The van der Waals surface area contributed by atoms with Crippen LogP contribution in [0.2, 0.25) is 0 Å². The van der Waals surface area contributed by atoms with E-state index in [2.05, 4.69) is 48.5 Å². The van der Waals surface area contributed by atoms with Crippen molar-refractivity contribution in [3.05, 3.63) is 24.3 Å². The van der Waals surface area contributed by atoms with Crippen molar-refractivity contribution in [2.75, 3.05) is 23.8 Å². The summed E-state index contributed by atoms with van der Waals surface area (Å²) >= 11 is 0. The van der Waals surface area contributed by atoms with Crippen molar-refractivity contribution >= 4 is 11.4 Å². The highest BCUT2D eigenvalue weighted by Crippen LogP contribution is 2.28. The molecule has 1 aromatic carbocycles. The van der Waals surface area contributed by atoms with Gasteiger partial charge < -0.3 is 10.2 Å². The van der Waals surface area contributed by atoms with Gasteiger partial charge in [0.1, 0.15) is 0 Å². The zero-order chi connectivity index (χ0) is 11.4. The van der Waals surface area contributed by atoms with E-state index in [1.165, 1.54) is 37.1 Å². The minimum atomic E-state index is 0.686. The molecule has 1 N–H and O–H groups in total. The quantitative estimate of drug-likeness (QED) is 0.832. The molecule has 0 amide bonds. The van der Waals surface area contributed by atoms with Crippen LogP contribution < -0.4 is 10.2 Å². The molecule has 88 valence electrons. The van der Waals surface area contributed by atoms with Crippen LogP contribution in [0.4, 0.5) is 11.4 Å². The molecule has 1 saturated carbocycles. The summed E-state index contributed by atoms with van der Waals surface area (Å²) in [5, 5.41) is 3.68. The second-order valence-corrected chi connectivity index (χ2v) is 4.66. The Hall–Kier alpha value is -1.18. The molecule has 0 radical (unpaired) electrons. The molecule has 0 saturated heterocycles. The van der Waals surface area contributed by atoms with Crippen LogP contribution in [0.5, 0.6) is 0 Å². The Morgan fingerprint density at radius 2 is 1.94 bits per heavy atom. The molecule has 0 heterocycles. The molecular formula is C14H22N2. The van der Waals surface area contributed by atoms with Crippen molar-refractivity contribution < 1.29 is 0 Å². The number of anilines is 2. The number of nitrogens with one attached hydrogen (secondary N) is 1. The van der Waals surface area contributed by atoms with Gasteiger partial charge in [0.05, 0.1) is 11.4 Å². The molecule has 1 aliphatic rings. The number of nitrogens with zero attached hydrogens (tertiary/aromatic N) is 1. The Balaban J connectivity index is 2.12. The third-order valence-corrected chi connectivity index (χ3v) is 3.50. The lowest BCUT2D eigenvalue weighted by atomic mass is 10.2. The smallest absolute Gasteiger partial charge is 0.0599 e. The first kappa shape index (κ1) is 11.3. The molecule has 2 heteroatoms. The lowest BCUT2D eigenvalue weighted by molar-refractivity contribution is 0.754. The Labute approximate surface area is 98.7 Å². The second kappa shape index (κ2) is 5.24. The minimum Gasteiger partial charge on any atom is -0.381 e. The van der Waals surface area contributed by atoms with Crippen molar-refractivity contribution in [2.45, 2.75) is 38.6 Å². The van der Waals surface area contributed by atoms with Crippen LogP contribution in [0.3, 0.4) is 0 Å². The lowest BCUT2D eigenvalue weighted by Crippen LogP contribution is -2.20. The van der Waals surface area contributed by atoms with Crippen LogP contribution in [-0.2, 0) is 0 Å². The number of benzene rings is 1. The van der Waals surface area contributed by atoms with E-state index >= 15 is 0 Å². The van der Waals surface area contributed by atoms with Gasteiger partial charge >= 0.3 is 0 Å². The van der Waals surface area contributed by atoms with Gasteiger partial charge in [-0.15, -0.1) is 0 Å². The summed E-state index contributed by atoms with van der Waals surface area (Å²) in [6, 6.07) is 9.30. The van der Waals surface area contributed by atoms with Gasteiger partial charge in [0, 0.05) is 19.6 Å². The summed E-state index contributed by atoms with van der Waals surface area (Å²) in [4.78, 5) is 2.29. The molecule has 0 aromatic heterocycles. The van der Waals surface area contributed by atoms with Crippen LogP contribution in [0.1, 0.15) is 32.6 Å². The molecule has 16 heavy (non-hydrogen) atoms. The average Bonchev–Trinajstić information content (AvgIpc) is 2.82. The third kappa shape index (κ3) is 2.49. The van der Waals surface area contributed by atoms with E-state index in [1.54, 1.807) is 0 Å². The normalized spacial score (nSPS) is 16.4. The second-order valence-electron chi connectivity index (χ2n) is 4.66. The summed E-state index contributed by atoms with van der Waals surface area (Å²) in [6.07, 6.45) is 5.40. The largest absolute Gasteiger partial charge is 0.381 e. The Bertz CT molecular complexity index is 329. The van der Waals surface area contributed by atoms with E-state index in [9.17, 15) is 0 Å². The molecule has 2 rings (SSSR count). The maximum Gasteiger partial charge on any atom is 0.0599 e. The van der Waals surface area contributed by atoms with E-state index in [4.69, 9.17) is 0 Å². The zero-order valence-electron chi connectivity index (χ0n) is 10.4. The average molecular weight is 218 g/mol. The molecule has 2 nitrogen and oxygen atoms in total. The van der Waals surface area contributed by atoms with Gasteiger partial charge in [0.2, 0.25) is 0 Å². The number of rotatable bonds is 4. The maximum atomic E-state index is 3.68. The van der Waals surface area contributed by atoms with Gasteiger partial charge in [-0.2, -0.15) is 0 Å². The van der Waals surface area contributed by atoms with E-state index in [1.807, 2.05) is 0 Å². The minimum absolute atomic E-state index is 0.686. The van der Waals surface area contributed by atoms with Crippen LogP contribution in [-0.4, -0.2) is 19.6 Å². The standard InChI is InChI=1S/C14H22N2/c1-3-16(2)14-11-7-6-10-13(14)15-12-8-4-5-9-12/h6-7,10-12,15H,3-5,8-9H2,1-2H3. The number of hydrogen-bond acceptors (Lipinski definition) is 2. The van der Waals surface area contributed by atoms with E-state index in [0.717, 1.165) is 6.54 Å². The van der Waals surface area contributed by atoms with Crippen molar-refractivity contribution in [2.24, 2.45) is 0 Å². The first-order chi connectivity index (χ1) is 7.81. The van der Waals surface area contributed by atoms with Gasteiger partial charge in [-0.25, -0.2) is 0 Å². The fourth-order valence-corrected chi connectivity index (χ4v) is 2.39. The van der Waals surface area contributed by atoms with Crippen LogP contribution >= 0.6 is 0 Å². The molecule has 0 aliphatic heterocycles. The van der Waals surface area contributed by atoms with E-state index in [0.29, 0.717) is 6.04 Å². The molecule has 0 unspecified atom stereocenters. The molecule has 1 aromatic rings. The lowest BCUT2D eigenvalue weighted by Gasteiger charge is -2.23. The molecule has 0 bridgehead atoms. The molecular weight excluding hydrogens is 196 g/mol. The zero-order valence-corrected chi connectivity index (χ0v) is 10.4. The monoisotopic (exact) mass is 218 g/mol. The van der Waals surface area contributed by atoms with E-state index in [-0.39, 0.29) is 0 Å². The molecule has 1 fully saturated rings. The van der Waals surface area contributed by atoms with Crippen LogP contribution in [0.15, 0.2) is 24.3 Å². The van der Waals surface area contributed by atoms with Gasteiger partial charge in [-0.1, -0.05) is 25.0 Å². The first-order valence-electron chi connectivity index (χ1n) is 6.38. The summed E-state index contributed by atoms with van der Waals surface area (Å²) < 4.78 is 0. The van der Waals surface area contributed by atoms with Crippen LogP contribution in [0.25, 0.3) is 0 Å². The summed E-state index contributed by atoms with van der Waals surface area (Å²) in [7, 11) is 2.15. The summed E-state index contributed by atoms with van der Waals surface area (Å²) in [5.74, 6) is 0. The Morgan fingerprint density at radius 3 is 2.62 bits per heavy atom. The maximum absolute atomic E-state index is 3.68. The third-order valence-electron chi connectivity index (χ3n) is 3.50. The Morgan fingerprint density at radius 1 is 1.25 bits per heavy atom. The SMILES string of the molecule is CCN(C)c1ccccc1NC1CCCC1. The van der Waals surface area contributed by atoms with Gasteiger partial charge in [0.15, 0.2) is 0 Å². The predicted octanol–water partition coefficient (Wildman–Crippen LogP) is 3.50. The molecule has 1 aliphatic carbocycles. The Kier molecular flexibility index (Phi) is 3.70. The highest BCUT2D eigenvalue weighted by molar-refractivity contribution is 5.70. The first-order valence-corrected chi connectivity index (χ1v) is 6.38. The highest BCUT2D eigenvalue weighted by Gasteiger charge is 2.16. The highest BCUT2D eigenvalue weighted by atomic mass is 15.1. The fraction of sp³-hybridized carbons (Fsp3) is 0.571. The van der Waals surface area contributed by atoms with Gasteiger partial charge in [0.25, 0.3) is 0 Å². The summed E-state index contributed by atoms with van der Waals surface area (Å²) in [5.41, 5.74) is 2.61. The summed E-state index contributed by atoms with van der Waals surface area (Å²) in [6.45, 7) is 3.23. The van der Waals surface area contributed by atoms with Gasteiger partial charge in [-0.05, 0) is 31.9 Å². The van der Waals surface area contributed by atoms with Gasteiger partial charge in [-0.3, -0.25) is 0 Å². The van der Waals surface area contributed by atoms with Crippen LogP contribution in [0, 0.1) is 0 Å². The van der Waals surface area contributed by atoms with Crippen molar-refractivity contribution in [3.63, 3.8) is 0 Å². The topological polar surface area (TPSA) is 15.3 Å².